The van der Waals surface area contributed by atoms with E-state index in [1.807, 2.05) is 71.8 Å². The molecule has 3 aromatic carbocycles. The van der Waals surface area contributed by atoms with E-state index in [1.54, 1.807) is 37.4 Å². The van der Waals surface area contributed by atoms with E-state index in [9.17, 15) is 14.4 Å². The van der Waals surface area contributed by atoms with Crippen LogP contribution in [0.3, 0.4) is 0 Å². The Kier molecular flexibility index (Phi) is 5.54. The molecule has 3 aliphatic heterocycles. The van der Waals surface area contributed by atoms with Gasteiger partial charge in [0, 0.05) is 22.5 Å². The molecule has 1 fully saturated rings. The zero-order valence-electron chi connectivity index (χ0n) is 22.0. The lowest BCUT2D eigenvalue weighted by Gasteiger charge is -2.39. The van der Waals surface area contributed by atoms with Crippen molar-refractivity contribution >= 4 is 45.8 Å². The maximum Gasteiger partial charge on any atom is 0.238 e. The Labute approximate surface area is 235 Å². The van der Waals surface area contributed by atoms with Gasteiger partial charge in [0.2, 0.25) is 5.91 Å². The standard InChI is InChI=1S/C33H26N2O4S/c1-19-17-27-33(23-12-4-5-13-24(23)34-32(33)38)28(30(36)20-9-7-10-21(18-20)39-2)29(31(37)26-15-8-16-40-26)35(27)25-14-6-3-11-22(19)25/h3-18,27-29H,1-2H3,(H,34,38). The maximum absolute atomic E-state index is 14.8. The molecule has 1 saturated heterocycles. The minimum absolute atomic E-state index is 0.168. The van der Waals surface area contributed by atoms with Crippen LogP contribution < -0.4 is 15.0 Å². The number of rotatable bonds is 5. The number of para-hydroxylation sites is 2. The molecule has 4 heterocycles. The highest BCUT2D eigenvalue weighted by molar-refractivity contribution is 7.12. The minimum Gasteiger partial charge on any atom is -0.497 e. The van der Waals surface area contributed by atoms with E-state index in [2.05, 4.69) is 11.4 Å². The van der Waals surface area contributed by atoms with Crippen molar-refractivity contribution < 1.29 is 19.1 Å². The van der Waals surface area contributed by atoms with Crippen molar-refractivity contribution in [2.45, 2.75) is 24.4 Å². The Bertz CT molecular complexity index is 1730. The van der Waals surface area contributed by atoms with Crippen molar-refractivity contribution in [3.63, 3.8) is 0 Å². The molecule has 3 aliphatic rings. The van der Waals surface area contributed by atoms with E-state index in [4.69, 9.17) is 4.74 Å². The van der Waals surface area contributed by atoms with Crippen LogP contribution in [-0.2, 0) is 10.2 Å². The molecule has 7 rings (SSSR count). The number of nitrogens with one attached hydrogen (secondary N) is 1. The molecule has 1 N–H and O–H groups in total. The Balaban J connectivity index is 1.56. The van der Waals surface area contributed by atoms with E-state index in [0.29, 0.717) is 21.9 Å². The Morgan fingerprint density at radius 2 is 1.75 bits per heavy atom. The number of nitrogens with zero attached hydrogens (tertiary/aromatic N) is 1. The summed E-state index contributed by atoms with van der Waals surface area (Å²) in [5.74, 6) is -1.17. The number of fused-ring (bicyclic) bond motifs is 6. The number of allylic oxidation sites excluding steroid dienone is 1. The average Bonchev–Trinajstić information content (AvgIpc) is 3.70. The Morgan fingerprint density at radius 3 is 2.55 bits per heavy atom. The fourth-order valence-corrected chi connectivity index (χ4v) is 7.61. The molecule has 7 heteroatoms. The second-order valence-corrected chi connectivity index (χ2v) is 11.4. The third kappa shape index (κ3) is 3.24. The van der Waals surface area contributed by atoms with Crippen molar-refractivity contribution in [3.8, 4) is 5.75 Å². The quantitative estimate of drug-likeness (QED) is 0.311. The minimum atomic E-state index is -1.33. The molecule has 0 bridgehead atoms. The van der Waals surface area contributed by atoms with Gasteiger partial charge in [-0.1, -0.05) is 60.7 Å². The van der Waals surface area contributed by atoms with Crippen LogP contribution in [-0.4, -0.2) is 36.7 Å². The number of hydrogen-bond donors (Lipinski definition) is 1. The van der Waals surface area contributed by atoms with E-state index in [-0.39, 0.29) is 17.5 Å². The van der Waals surface area contributed by atoms with Gasteiger partial charge in [-0.05, 0) is 53.8 Å². The van der Waals surface area contributed by atoms with Crippen molar-refractivity contribution in [1.82, 2.24) is 0 Å². The van der Waals surface area contributed by atoms with Crippen LogP contribution in [0.15, 0.2) is 96.4 Å². The average molecular weight is 547 g/mol. The van der Waals surface area contributed by atoms with Gasteiger partial charge in [0.1, 0.15) is 17.2 Å². The molecule has 0 radical (unpaired) electrons. The maximum atomic E-state index is 14.8. The van der Waals surface area contributed by atoms with Crippen LogP contribution in [0.2, 0.25) is 0 Å². The number of carbonyl (C=O) groups is 3. The molecule has 0 aliphatic carbocycles. The summed E-state index contributed by atoms with van der Waals surface area (Å²) in [5, 5.41) is 4.94. The third-order valence-electron chi connectivity index (χ3n) is 8.55. The lowest BCUT2D eigenvalue weighted by Crippen LogP contribution is -2.51. The summed E-state index contributed by atoms with van der Waals surface area (Å²) in [6, 6.07) is 24.6. The fourth-order valence-electron chi connectivity index (χ4n) is 6.91. The first-order valence-electron chi connectivity index (χ1n) is 13.2. The summed E-state index contributed by atoms with van der Waals surface area (Å²) in [6.07, 6.45) is 2.07. The number of ketones is 2. The predicted molar refractivity (Wildman–Crippen MR) is 156 cm³/mol. The number of amides is 1. The highest BCUT2D eigenvalue weighted by Gasteiger charge is 2.70. The lowest BCUT2D eigenvalue weighted by molar-refractivity contribution is -0.121. The van der Waals surface area contributed by atoms with Gasteiger partial charge in [-0.3, -0.25) is 14.4 Å². The lowest BCUT2D eigenvalue weighted by atomic mass is 9.64. The molecule has 1 aromatic heterocycles. The summed E-state index contributed by atoms with van der Waals surface area (Å²) < 4.78 is 5.43. The van der Waals surface area contributed by atoms with Gasteiger partial charge in [-0.25, -0.2) is 0 Å². The zero-order valence-corrected chi connectivity index (χ0v) is 22.8. The molecular weight excluding hydrogens is 520 g/mol. The summed E-state index contributed by atoms with van der Waals surface area (Å²) in [6.45, 7) is 2.02. The smallest absolute Gasteiger partial charge is 0.238 e. The van der Waals surface area contributed by atoms with E-state index < -0.39 is 23.4 Å². The van der Waals surface area contributed by atoms with Crippen molar-refractivity contribution in [1.29, 1.82) is 0 Å². The first-order chi connectivity index (χ1) is 19.5. The second kappa shape index (κ2) is 9.03. The molecule has 4 atom stereocenters. The number of thiophene rings is 1. The fraction of sp³-hybridized carbons (Fsp3) is 0.182. The van der Waals surface area contributed by atoms with Gasteiger partial charge < -0.3 is 15.0 Å². The van der Waals surface area contributed by atoms with Crippen LogP contribution in [0.25, 0.3) is 5.57 Å². The van der Waals surface area contributed by atoms with E-state index in [1.165, 1.54) is 11.3 Å². The molecule has 1 spiro atoms. The number of anilines is 2. The number of benzene rings is 3. The predicted octanol–water partition coefficient (Wildman–Crippen LogP) is 6.00. The summed E-state index contributed by atoms with van der Waals surface area (Å²) >= 11 is 1.35. The van der Waals surface area contributed by atoms with Crippen LogP contribution in [0.1, 0.15) is 38.1 Å². The van der Waals surface area contributed by atoms with Gasteiger partial charge in [0.05, 0.1) is 23.9 Å². The molecule has 40 heavy (non-hydrogen) atoms. The topological polar surface area (TPSA) is 75.7 Å². The normalized spacial score (nSPS) is 24.1. The largest absolute Gasteiger partial charge is 0.497 e. The molecule has 0 saturated carbocycles. The van der Waals surface area contributed by atoms with Gasteiger partial charge in [0.25, 0.3) is 0 Å². The third-order valence-corrected chi connectivity index (χ3v) is 9.44. The van der Waals surface area contributed by atoms with Crippen molar-refractivity contribution in [2.24, 2.45) is 5.92 Å². The first-order valence-corrected chi connectivity index (χ1v) is 14.1. The van der Waals surface area contributed by atoms with E-state index in [0.717, 1.165) is 22.4 Å². The SMILES string of the molecule is COc1cccc(C(=O)C2C(C(=O)c3cccs3)N3c4ccccc4C(C)=CC3C23C(=O)Nc2ccccc23)c1. The molecule has 4 unspecified atom stereocenters. The molecule has 4 aromatic rings. The Morgan fingerprint density at radius 1 is 0.950 bits per heavy atom. The van der Waals surface area contributed by atoms with Gasteiger partial charge in [-0.2, -0.15) is 0 Å². The van der Waals surface area contributed by atoms with Gasteiger partial charge in [-0.15, -0.1) is 11.3 Å². The second-order valence-electron chi connectivity index (χ2n) is 10.4. The number of methoxy groups -OCH3 is 1. The molecule has 1 amide bonds. The molecule has 6 nitrogen and oxygen atoms in total. The Hall–Kier alpha value is -4.49. The number of hydrogen-bond acceptors (Lipinski definition) is 6. The van der Waals surface area contributed by atoms with Gasteiger partial charge >= 0.3 is 0 Å². The first kappa shape index (κ1) is 24.5. The van der Waals surface area contributed by atoms with Crippen LogP contribution >= 0.6 is 11.3 Å². The number of ether oxygens (including phenoxy) is 1. The van der Waals surface area contributed by atoms with Crippen molar-refractivity contribution in [2.75, 3.05) is 17.3 Å². The van der Waals surface area contributed by atoms with Crippen LogP contribution in [0.5, 0.6) is 5.75 Å². The summed E-state index contributed by atoms with van der Waals surface area (Å²) in [4.78, 5) is 46.3. The summed E-state index contributed by atoms with van der Waals surface area (Å²) in [5.41, 5.74) is 3.32. The van der Waals surface area contributed by atoms with Crippen LogP contribution in [0, 0.1) is 5.92 Å². The monoisotopic (exact) mass is 546 g/mol. The highest BCUT2D eigenvalue weighted by Crippen LogP contribution is 2.59. The van der Waals surface area contributed by atoms with Crippen LogP contribution in [0.4, 0.5) is 11.4 Å². The summed E-state index contributed by atoms with van der Waals surface area (Å²) in [7, 11) is 1.55. The van der Waals surface area contributed by atoms with Crippen molar-refractivity contribution in [3.05, 3.63) is 118 Å². The highest BCUT2D eigenvalue weighted by atomic mass is 32.1. The van der Waals surface area contributed by atoms with E-state index >= 15 is 0 Å². The zero-order chi connectivity index (χ0) is 27.6. The molecule has 198 valence electrons. The molecular formula is C33H26N2O4S. The van der Waals surface area contributed by atoms with Gasteiger partial charge in [0.15, 0.2) is 11.6 Å². The number of carbonyl (C=O) groups excluding carboxylic acids is 3. The number of Topliss-reactive ketones (excluding diaryl/α,β-unsaturated/α-hetero) is 2.